The monoisotopic (exact) mass is 282 g/mol. The van der Waals surface area contributed by atoms with Gasteiger partial charge in [0.15, 0.2) is 0 Å². The molecule has 0 aromatic carbocycles. The second kappa shape index (κ2) is 6.44. The summed E-state index contributed by atoms with van der Waals surface area (Å²) in [7, 11) is 1.68. The zero-order valence-corrected chi connectivity index (χ0v) is 11.3. The van der Waals surface area contributed by atoms with Gasteiger partial charge < -0.3 is 9.64 Å². The lowest BCUT2D eigenvalue weighted by Gasteiger charge is -2.32. The van der Waals surface area contributed by atoms with E-state index >= 15 is 0 Å². The maximum absolute atomic E-state index is 11.1. The Morgan fingerprint density at radius 1 is 1.60 bits per heavy atom. The summed E-state index contributed by atoms with van der Waals surface area (Å²) in [6, 6.07) is 0. The molecule has 9 heteroatoms. The molecule has 1 aliphatic heterocycles. The van der Waals surface area contributed by atoms with E-state index in [2.05, 4.69) is 15.4 Å². The van der Waals surface area contributed by atoms with Crippen molar-refractivity contribution in [1.82, 2.24) is 9.97 Å². The summed E-state index contributed by atoms with van der Waals surface area (Å²) in [5.74, 6) is 6.23. The van der Waals surface area contributed by atoms with Crippen molar-refractivity contribution in [2.45, 2.75) is 12.8 Å². The normalized spacial score (nSPS) is 16.2. The molecule has 0 aliphatic carbocycles. The number of piperidine rings is 1. The second-order valence-electron chi connectivity index (χ2n) is 4.69. The van der Waals surface area contributed by atoms with E-state index < -0.39 is 4.92 Å². The van der Waals surface area contributed by atoms with Gasteiger partial charge in [0.1, 0.15) is 6.20 Å². The van der Waals surface area contributed by atoms with Gasteiger partial charge in [-0.25, -0.2) is 10.8 Å². The summed E-state index contributed by atoms with van der Waals surface area (Å²) in [6.45, 7) is 2.13. The third-order valence-electron chi connectivity index (χ3n) is 3.39. The Kier molecular flexibility index (Phi) is 4.64. The Morgan fingerprint density at radius 2 is 2.30 bits per heavy atom. The van der Waals surface area contributed by atoms with E-state index in [4.69, 9.17) is 10.6 Å². The fraction of sp³-hybridized carbons (Fsp3) is 0.636. The molecular formula is C11H18N6O3. The highest BCUT2D eigenvalue weighted by Crippen LogP contribution is 2.29. The SMILES string of the molecule is COCC1CCN(c2nc(NN)ncc2[N+](=O)[O-])CC1. The van der Waals surface area contributed by atoms with Gasteiger partial charge in [0.25, 0.3) is 0 Å². The standard InChI is InChI=1S/C11H18N6O3/c1-20-7-8-2-4-16(5-3-8)10-9(17(18)19)6-13-11(14-10)15-12/h6,8H,2-5,7,12H2,1H3,(H,13,14,15). The zero-order valence-electron chi connectivity index (χ0n) is 11.3. The molecule has 0 radical (unpaired) electrons. The van der Waals surface area contributed by atoms with Crippen molar-refractivity contribution < 1.29 is 9.66 Å². The van der Waals surface area contributed by atoms with Gasteiger partial charge in [-0.1, -0.05) is 0 Å². The molecule has 2 heterocycles. The summed E-state index contributed by atoms with van der Waals surface area (Å²) in [5.41, 5.74) is 2.21. The van der Waals surface area contributed by atoms with Crippen LogP contribution in [0.15, 0.2) is 6.20 Å². The van der Waals surface area contributed by atoms with Crippen molar-refractivity contribution in [2.24, 2.45) is 11.8 Å². The molecule has 110 valence electrons. The summed E-state index contributed by atoms with van der Waals surface area (Å²) in [6.07, 6.45) is 3.01. The number of nitrogens with zero attached hydrogens (tertiary/aromatic N) is 4. The highest BCUT2D eigenvalue weighted by atomic mass is 16.6. The Labute approximate surface area is 116 Å². The van der Waals surface area contributed by atoms with Crippen LogP contribution in [-0.2, 0) is 4.74 Å². The Hall–Kier alpha value is -2.00. The molecule has 2 rings (SSSR count). The fourth-order valence-electron chi connectivity index (χ4n) is 2.34. The maximum atomic E-state index is 11.1. The molecule has 0 unspecified atom stereocenters. The average Bonchev–Trinajstić information content (AvgIpc) is 2.47. The number of ether oxygens (including phenoxy) is 1. The third-order valence-corrected chi connectivity index (χ3v) is 3.39. The largest absolute Gasteiger partial charge is 0.384 e. The van der Waals surface area contributed by atoms with Crippen LogP contribution in [0.25, 0.3) is 0 Å². The third kappa shape index (κ3) is 3.11. The van der Waals surface area contributed by atoms with Crippen LogP contribution >= 0.6 is 0 Å². The Morgan fingerprint density at radius 3 is 2.85 bits per heavy atom. The van der Waals surface area contributed by atoms with E-state index in [0.29, 0.717) is 24.8 Å². The van der Waals surface area contributed by atoms with Gasteiger partial charge in [0.05, 0.1) is 4.92 Å². The van der Waals surface area contributed by atoms with E-state index in [9.17, 15) is 10.1 Å². The van der Waals surface area contributed by atoms with Crippen molar-refractivity contribution in [3.05, 3.63) is 16.3 Å². The van der Waals surface area contributed by atoms with Crippen LogP contribution in [0.4, 0.5) is 17.5 Å². The molecule has 1 fully saturated rings. The van der Waals surface area contributed by atoms with Gasteiger partial charge >= 0.3 is 5.69 Å². The number of anilines is 2. The van der Waals surface area contributed by atoms with E-state index in [0.717, 1.165) is 19.4 Å². The molecule has 9 nitrogen and oxygen atoms in total. The molecule has 0 bridgehead atoms. The predicted octanol–water partition coefficient (Wildman–Crippen LogP) is 0.533. The van der Waals surface area contributed by atoms with E-state index in [1.807, 2.05) is 4.90 Å². The van der Waals surface area contributed by atoms with Gasteiger partial charge in [0, 0.05) is 26.8 Å². The Balaban J connectivity index is 2.17. The van der Waals surface area contributed by atoms with Crippen LogP contribution in [0.1, 0.15) is 12.8 Å². The van der Waals surface area contributed by atoms with Crippen LogP contribution in [-0.4, -0.2) is 41.7 Å². The maximum Gasteiger partial charge on any atom is 0.329 e. The minimum atomic E-state index is -0.475. The van der Waals surface area contributed by atoms with Gasteiger partial charge in [-0.3, -0.25) is 15.5 Å². The van der Waals surface area contributed by atoms with Crippen LogP contribution in [0.3, 0.4) is 0 Å². The smallest absolute Gasteiger partial charge is 0.329 e. The van der Waals surface area contributed by atoms with E-state index in [-0.39, 0.29) is 11.6 Å². The Bertz CT molecular complexity index is 475. The summed E-state index contributed by atoms with van der Waals surface area (Å²) < 4.78 is 5.14. The quantitative estimate of drug-likeness (QED) is 0.456. The summed E-state index contributed by atoms with van der Waals surface area (Å²) in [4.78, 5) is 20.4. The molecule has 1 saturated heterocycles. The number of nitro groups is 1. The lowest BCUT2D eigenvalue weighted by molar-refractivity contribution is -0.384. The number of rotatable bonds is 5. The molecule has 0 amide bonds. The molecule has 0 saturated carbocycles. The van der Waals surface area contributed by atoms with Gasteiger partial charge in [-0.15, -0.1) is 0 Å². The highest BCUT2D eigenvalue weighted by Gasteiger charge is 2.27. The number of hydrogen-bond acceptors (Lipinski definition) is 8. The number of nitrogens with two attached hydrogens (primary N) is 1. The molecule has 3 N–H and O–H groups in total. The van der Waals surface area contributed by atoms with Gasteiger partial charge in [-0.2, -0.15) is 4.98 Å². The molecule has 0 atom stereocenters. The number of aromatic nitrogens is 2. The molecule has 1 aromatic heterocycles. The number of methoxy groups -OCH3 is 1. The molecule has 20 heavy (non-hydrogen) atoms. The van der Waals surface area contributed by atoms with E-state index in [1.54, 1.807) is 7.11 Å². The van der Waals surface area contributed by atoms with Crippen LogP contribution in [0.2, 0.25) is 0 Å². The van der Waals surface area contributed by atoms with Crippen LogP contribution in [0.5, 0.6) is 0 Å². The van der Waals surface area contributed by atoms with Crippen molar-refractivity contribution in [2.75, 3.05) is 37.1 Å². The minimum Gasteiger partial charge on any atom is -0.384 e. The fourth-order valence-corrected chi connectivity index (χ4v) is 2.34. The second-order valence-corrected chi connectivity index (χ2v) is 4.69. The molecule has 1 aromatic rings. The predicted molar refractivity (Wildman–Crippen MR) is 73.3 cm³/mol. The highest BCUT2D eigenvalue weighted by molar-refractivity contribution is 5.59. The summed E-state index contributed by atoms with van der Waals surface area (Å²) >= 11 is 0. The molecule has 1 aliphatic rings. The number of hydrazine groups is 1. The van der Waals surface area contributed by atoms with Gasteiger partial charge in [-0.05, 0) is 18.8 Å². The van der Waals surface area contributed by atoms with Crippen molar-refractivity contribution >= 4 is 17.5 Å². The first-order chi connectivity index (χ1) is 9.65. The first kappa shape index (κ1) is 14.4. The first-order valence-electron chi connectivity index (χ1n) is 6.37. The number of nitrogen functional groups attached to an aromatic ring is 1. The first-order valence-corrected chi connectivity index (χ1v) is 6.37. The number of hydrogen-bond donors (Lipinski definition) is 2. The summed E-state index contributed by atoms with van der Waals surface area (Å²) in [5, 5.41) is 11.1. The van der Waals surface area contributed by atoms with Crippen molar-refractivity contribution in [1.29, 1.82) is 0 Å². The topological polar surface area (TPSA) is 119 Å². The van der Waals surface area contributed by atoms with Crippen molar-refractivity contribution in [3.63, 3.8) is 0 Å². The molecule has 0 spiro atoms. The van der Waals surface area contributed by atoms with E-state index in [1.165, 1.54) is 6.20 Å². The molecular weight excluding hydrogens is 264 g/mol. The van der Waals surface area contributed by atoms with Crippen molar-refractivity contribution in [3.8, 4) is 0 Å². The average molecular weight is 282 g/mol. The minimum absolute atomic E-state index is 0.103. The lowest BCUT2D eigenvalue weighted by atomic mass is 9.98. The number of nitrogens with one attached hydrogen (secondary N) is 1. The van der Waals surface area contributed by atoms with Crippen LogP contribution in [0, 0.1) is 16.0 Å². The zero-order chi connectivity index (χ0) is 14.5. The lowest BCUT2D eigenvalue weighted by Crippen LogP contribution is -2.36. The van der Waals surface area contributed by atoms with Crippen LogP contribution < -0.4 is 16.2 Å². The van der Waals surface area contributed by atoms with Gasteiger partial charge in [0.2, 0.25) is 11.8 Å².